The summed E-state index contributed by atoms with van der Waals surface area (Å²) >= 11 is 0. The van der Waals surface area contributed by atoms with E-state index in [0.717, 1.165) is 52.5 Å². The van der Waals surface area contributed by atoms with Crippen LogP contribution in [-0.2, 0) is 13.5 Å². The van der Waals surface area contributed by atoms with Gasteiger partial charge in [-0.3, -0.25) is 9.48 Å². The van der Waals surface area contributed by atoms with Crippen LogP contribution >= 0.6 is 0 Å². The van der Waals surface area contributed by atoms with Gasteiger partial charge < -0.3 is 10.3 Å². The van der Waals surface area contributed by atoms with Crippen LogP contribution in [0.2, 0.25) is 0 Å². The van der Waals surface area contributed by atoms with E-state index >= 15 is 0 Å². The zero-order chi connectivity index (χ0) is 18.5. The van der Waals surface area contributed by atoms with Gasteiger partial charge in [-0.2, -0.15) is 5.10 Å². The third kappa shape index (κ3) is 2.60. The van der Waals surface area contributed by atoms with E-state index in [1.807, 2.05) is 48.4 Å². The highest BCUT2D eigenvalue weighted by Gasteiger charge is 2.24. The Kier molecular flexibility index (Phi) is 3.53. The molecule has 1 saturated carbocycles. The molecule has 136 valence electrons. The largest absolute Gasteiger partial charge is 0.349 e. The molecule has 0 saturated heterocycles. The average molecular weight is 359 g/mol. The predicted octanol–water partition coefficient (Wildman–Crippen LogP) is 3.57. The van der Waals surface area contributed by atoms with Gasteiger partial charge >= 0.3 is 0 Å². The number of amides is 1. The SMILES string of the molecule is CCc1c[nH]c2ncc3c(-c4ccc(C(=O)NC5CC5)cc4)nn(C)c3c12. The van der Waals surface area contributed by atoms with Gasteiger partial charge in [0, 0.05) is 47.4 Å². The van der Waals surface area contributed by atoms with E-state index in [9.17, 15) is 4.79 Å². The Balaban J connectivity index is 1.59. The Labute approximate surface area is 156 Å². The average Bonchev–Trinajstić information content (AvgIpc) is 3.30. The zero-order valence-corrected chi connectivity index (χ0v) is 15.4. The smallest absolute Gasteiger partial charge is 0.251 e. The summed E-state index contributed by atoms with van der Waals surface area (Å²) in [5.74, 6) is -0.00165. The lowest BCUT2D eigenvalue weighted by Crippen LogP contribution is -2.25. The first-order valence-electron chi connectivity index (χ1n) is 9.38. The van der Waals surface area contributed by atoms with E-state index < -0.39 is 0 Å². The van der Waals surface area contributed by atoms with Crippen molar-refractivity contribution in [3.63, 3.8) is 0 Å². The van der Waals surface area contributed by atoms with Gasteiger partial charge in [-0.1, -0.05) is 19.1 Å². The van der Waals surface area contributed by atoms with Crippen LogP contribution in [0.25, 0.3) is 33.2 Å². The first-order chi connectivity index (χ1) is 13.2. The van der Waals surface area contributed by atoms with Crippen LogP contribution in [0.5, 0.6) is 0 Å². The van der Waals surface area contributed by atoms with E-state index in [1.54, 1.807) is 0 Å². The van der Waals surface area contributed by atoms with E-state index in [-0.39, 0.29) is 5.91 Å². The van der Waals surface area contributed by atoms with Crippen molar-refractivity contribution in [1.29, 1.82) is 0 Å². The number of pyridine rings is 1. The molecule has 0 spiro atoms. The normalized spacial score (nSPS) is 14.1. The summed E-state index contributed by atoms with van der Waals surface area (Å²) in [6.45, 7) is 2.14. The molecule has 0 radical (unpaired) electrons. The van der Waals surface area contributed by atoms with Crippen molar-refractivity contribution >= 4 is 27.8 Å². The van der Waals surface area contributed by atoms with Gasteiger partial charge in [-0.15, -0.1) is 0 Å². The van der Waals surface area contributed by atoms with Crippen LogP contribution in [-0.4, -0.2) is 31.7 Å². The maximum atomic E-state index is 12.2. The first kappa shape index (κ1) is 16.1. The van der Waals surface area contributed by atoms with Crippen LogP contribution in [0.1, 0.15) is 35.7 Å². The van der Waals surface area contributed by atoms with Gasteiger partial charge in [0.1, 0.15) is 11.3 Å². The van der Waals surface area contributed by atoms with Crippen molar-refractivity contribution in [3.05, 3.63) is 47.8 Å². The van der Waals surface area contributed by atoms with Crippen LogP contribution in [0.15, 0.2) is 36.7 Å². The number of hydrogen-bond acceptors (Lipinski definition) is 3. The van der Waals surface area contributed by atoms with Gasteiger partial charge in [-0.25, -0.2) is 4.98 Å². The molecule has 1 aliphatic rings. The third-order valence-corrected chi connectivity index (χ3v) is 5.30. The fourth-order valence-corrected chi connectivity index (χ4v) is 3.67. The fraction of sp³-hybridized carbons (Fsp3) is 0.286. The maximum absolute atomic E-state index is 12.2. The van der Waals surface area contributed by atoms with Crippen molar-refractivity contribution in [3.8, 4) is 11.3 Å². The van der Waals surface area contributed by atoms with Crippen molar-refractivity contribution < 1.29 is 4.79 Å². The topological polar surface area (TPSA) is 75.6 Å². The molecule has 0 unspecified atom stereocenters. The molecule has 4 aromatic rings. The van der Waals surface area contributed by atoms with E-state index in [4.69, 9.17) is 5.10 Å². The molecule has 1 aliphatic carbocycles. The Morgan fingerprint density at radius 2 is 2.07 bits per heavy atom. The number of nitrogens with zero attached hydrogens (tertiary/aromatic N) is 3. The molecule has 1 fully saturated rings. The number of hydrogen-bond donors (Lipinski definition) is 2. The van der Waals surface area contributed by atoms with Crippen molar-refractivity contribution in [2.75, 3.05) is 0 Å². The number of aromatic nitrogens is 4. The van der Waals surface area contributed by atoms with E-state index in [0.29, 0.717) is 11.6 Å². The van der Waals surface area contributed by atoms with E-state index in [1.165, 1.54) is 5.56 Å². The van der Waals surface area contributed by atoms with Gasteiger partial charge in [0.15, 0.2) is 0 Å². The van der Waals surface area contributed by atoms with Gasteiger partial charge in [-0.05, 0) is 37.0 Å². The lowest BCUT2D eigenvalue weighted by Gasteiger charge is -2.04. The molecule has 0 aliphatic heterocycles. The lowest BCUT2D eigenvalue weighted by molar-refractivity contribution is 0.0951. The van der Waals surface area contributed by atoms with Crippen LogP contribution in [0.3, 0.4) is 0 Å². The minimum absolute atomic E-state index is 0.00165. The molecule has 1 amide bonds. The molecule has 0 bridgehead atoms. The van der Waals surface area contributed by atoms with Crippen molar-refractivity contribution in [2.45, 2.75) is 32.2 Å². The highest BCUT2D eigenvalue weighted by atomic mass is 16.1. The van der Waals surface area contributed by atoms with Crippen LogP contribution in [0, 0.1) is 0 Å². The van der Waals surface area contributed by atoms with Crippen molar-refractivity contribution in [1.82, 2.24) is 25.1 Å². The highest BCUT2D eigenvalue weighted by molar-refractivity contribution is 6.09. The minimum atomic E-state index is -0.00165. The minimum Gasteiger partial charge on any atom is -0.349 e. The molecular weight excluding hydrogens is 338 g/mol. The Morgan fingerprint density at radius 1 is 1.30 bits per heavy atom. The monoisotopic (exact) mass is 359 g/mol. The van der Waals surface area contributed by atoms with Gasteiger partial charge in [0.05, 0.1) is 5.52 Å². The number of aryl methyl sites for hydroxylation is 2. The molecule has 0 atom stereocenters. The molecule has 3 aromatic heterocycles. The third-order valence-electron chi connectivity index (χ3n) is 5.30. The molecule has 6 heteroatoms. The second-order valence-corrected chi connectivity index (χ2v) is 7.21. The first-order valence-corrected chi connectivity index (χ1v) is 9.38. The van der Waals surface area contributed by atoms with Crippen molar-refractivity contribution in [2.24, 2.45) is 7.05 Å². The summed E-state index contributed by atoms with van der Waals surface area (Å²) in [5.41, 5.74) is 5.78. The molecule has 3 heterocycles. The summed E-state index contributed by atoms with van der Waals surface area (Å²) in [4.78, 5) is 20.0. The molecule has 1 aromatic carbocycles. The quantitative estimate of drug-likeness (QED) is 0.585. The number of carbonyl (C=O) groups is 1. The van der Waals surface area contributed by atoms with Gasteiger partial charge in [0.25, 0.3) is 5.91 Å². The Hall–Kier alpha value is -3.15. The number of aromatic amines is 1. The second kappa shape index (κ2) is 5.94. The summed E-state index contributed by atoms with van der Waals surface area (Å²) in [5, 5.41) is 9.94. The lowest BCUT2D eigenvalue weighted by atomic mass is 10.0. The zero-order valence-electron chi connectivity index (χ0n) is 15.4. The summed E-state index contributed by atoms with van der Waals surface area (Å²) < 4.78 is 1.93. The highest BCUT2D eigenvalue weighted by Crippen LogP contribution is 2.33. The second-order valence-electron chi connectivity index (χ2n) is 7.21. The summed E-state index contributed by atoms with van der Waals surface area (Å²) in [6, 6.07) is 8.03. The number of fused-ring (bicyclic) bond motifs is 3. The van der Waals surface area contributed by atoms with Crippen LogP contribution in [0.4, 0.5) is 0 Å². The number of carbonyl (C=O) groups excluding carboxylic acids is 1. The maximum Gasteiger partial charge on any atom is 0.251 e. The summed E-state index contributed by atoms with van der Waals surface area (Å²) in [7, 11) is 1.97. The van der Waals surface area contributed by atoms with E-state index in [2.05, 4.69) is 22.2 Å². The predicted molar refractivity (Wildman–Crippen MR) is 106 cm³/mol. The summed E-state index contributed by atoms with van der Waals surface area (Å²) in [6.07, 6.45) is 7.01. The number of nitrogens with one attached hydrogen (secondary N) is 2. The number of rotatable bonds is 4. The Bertz CT molecular complexity index is 1160. The molecule has 5 rings (SSSR count). The molecule has 27 heavy (non-hydrogen) atoms. The molecule has 2 N–H and O–H groups in total. The molecule has 6 nitrogen and oxygen atoms in total. The number of benzene rings is 1. The van der Waals surface area contributed by atoms with Crippen LogP contribution < -0.4 is 5.32 Å². The Morgan fingerprint density at radius 3 is 2.78 bits per heavy atom. The van der Waals surface area contributed by atoms with Gasteiger partial charge in [0.2, 0.25) is 0 Å². The standard InChI is InChI=1S/C21H21N5O/c1-3-12-10-22-20-17(12)19-16(11-23-20)18(25-26(19)2)13-4-6-14(7-5-13)21(27)24-15-8-9-15/h4-7,10-11,15H,3,8-9H2,1-2H3,(H,22,23)(H,24,27). The molecular formula is C21H21N5O. The fourth-order valence-electron chi connectivity index (χ4n) is 3.67. The number of H-pyrrole nitrogens is 1.